The zero-order valence-electron chi connectivity index (χ0n) is 14.8. The molecule has 1 aliphatic heterocycles. The summed E-state index contributed by atoms with van der Waals surface area (Å²) in [4.78, 5) is 13.9. The predicted molar refractivity (Wildman–Crippen MR) is 103 cm³/mol. The van der Waals surface area contributed by atoms with Gasteiger partial charge in [0.05, 0.1) is 5.75 Å². The van der Waals surface area contributed by atoms with E-state index in [1.165, 1.54) is 22.5 Å². The quantitative estimate of drug-likeness (QED) is 0.740. The van der Waals surface area contributed by atoms with Crippen molar-refractivity contribution in [2.45, 2.75) is 5.75 Å². The Bertz CT molecular complexity index is 904. The molecule has 0 N–H and O–H groups in total. The first-order chi connectivity index (χ1) is 12.9. The molecule has 0 aliphatic carbocycles. The van der Waals surface area contributed by atoms with Crippen LogP contribution in [-0.2, 0) is 20.6 Å². The Kier molecular flexibility index (Phi) is 6.03. The Morgan fingerprint density at radius 2 is 1.59 bits per heavy atom. The van der Waals surface area contributed by atoms with Crippen LogP contribution in [0, 0.1) is 5.82 Å². The third-order valence-corrected chi connectivity index (χ3v) is 6.27. The summed E-state index contributed by atoms with van der Waals surface area (Å²) in [5, 5.41) is 0. The predicted octanol–water partition coefficient (Wildman–Crippen LogP) is 2.51. The standard InChI is InChI=1S/C20H21FN2O3S/c21-19-9-6-17(7-10-19)8-11-20(24)22-12-14-23(15-13-22)27(25,26)16-18-4-2-1-3-5-18/h1-11H,12-16H2. The van der Waals surface area contributed by atoms with Gasteiger partial charge in [-0.1, -0.05) is 42.5 Å². The fourth-order valence-electron chi connectivity index (χ4n) is 2.91. The molecule has 0 unspecified atom stereocenters. The van der Waals surface area contributed by atoms with E-state index in [1.807, 2.05) is 18.2 Å². The number of carbonyl (C=O) groups is 1. The van der Waals surface area contributed by atoms with E-state index < -0.39 is 10.0 Å². The largest absolute Gasteiger partial charge is 0.337 e. The molecule has 27 heavy (non-hydrogen) atoms. The van der Waals surface area contributed by atoms with Crippen molar-refractivity contribution < 1.29 is 17.6 Å². The molecule has 0 atom stereocenters. The third kappa shape index (κ3) is 5.24. The molecule has 1 fully saturated rings. The summed E-state index contributed by atoms with van der Waals surface area (Å²) in [5.41, 5.74) is 1.48. The lowest BCUT2D eigenvalue weighted by Crippen LogP contribution is -2.50. The summed E-state index contributed by atoms with van der Waals surface area (Å²) < 4.78 is 39.4. The highest BCUT2D eigenvalue weighted by Gasteiger charge is 2.28. The Morgan fingerprint density at radius 1 is 0.963 bits per heavy atom. The SMILES string of the molecule is O=C(C=Cc1ccc(F)cc1)N1CCN(S(=O)(=O)Cc2ccccc2)CC1. The smallest absolute Gasteiger partial charge is 0.246 e. The molecule has 0 radical (unpaired) electrons. The van der Waals surface area contributed by atoms with Gasteiger partial charge in [-0.2, -0.15) is 4.31 Å². The monoisotopic (exact) mass is 388 g/mol. The molecule has 5 nitrogen and oxygen atoms in total. The lowest BCUT2D eigenvalue weighted by molar-refractivity contribution is -0.127. The molecule has 0 bridgehead atoms. The van der Waals surface area contributed by atoms with Crippen molar-refractivity contribution in [3.8, 4) is 0 Å². The van der Waals surface area contributed by atoms with Crippen LogP contribution in [0.4, 0.5) is 4.39 Å². The zero-order chi connectivity index (χ0) is 19.3. The number of hydrogen-bond acceptors (Lipinski definition) is 3. The van der Waals surface area contributed by atoms with E-state index in [0.29, 0.717) is 13.1 Å². The number of hydrogen-bond donors (Lipinski definition) is 0. The van der Waals surface area contributed by atoms with Gasteiger partial charge in [0.2, 0.25) is 15.9 Å². The van der Waals surface area contributed by atoms with Crippen LogP contribution in [0.1, 0.15) is 11.1 Å². The van der Waals surface area contributed by atoms with Gasteiger partial charge < -0.3 is 4.90 Å². The highest BCUT2D eigenvalue weighted by Crippen LogP contribution is 2.14. The van der Waals surface area contributed by atoms with Crippen LogP contribution in [0.25, 0.3) is 6.08 Å². The first kappa shape index (κ1) is 19.3. The van der Waals surface area contributed by atoms with E-state index in [0.717, 1.165) is 11.1 Å². The van der Waals surface area contributed by atoms with E-state index in [-0.39, 0.29) is 30.6 Å². The van der Waals surface area contributed by atoms with Gasteiger partial charge in [0, 0.05) is 32.3 Å². The van der Waals surface area contributed by atoms with Gasteiger partial charge in [-0.3, -0.25) is 4.79 Å². The molecule has 1 aliphatic rings. The summed E-state index contributed by atoms with van der Waals surface area (Å²) >= 11 is 0. The van der Waals surface area contributed by atoms with Gasteiger partial charge >= 0.3 is 0 Å². The summed E-state index contributed by atoms with van der Waals surface area (Å²) in [7, 11) is -3.40. The molecule has 2 aromatic rings. The lowest BCUT2D eigenvalue weighted by Gasteiger charge is -2.33. The Hall–Kier alpha value is -2.51. The van der Waals surface area contributed by atoms with Crippen molar-refractivity contribution >= 4 is 22.0 Å². The highest BCUT2D eigenvalue weighted by atomic mass is 32.2. The first-order valence-corrected chi connectivity index (χ1v) is 10.3. The number of halogens is 1. The molecule has 0 spiro atoms. The van der Waals surface area contributed by atoms with Crippen LogP contribution in [0.2, 0.25) is 0 Å². The van der Waals surface area contributed by atoms with Gasteiger partial charge in [0.25, 0.3) is 0 Å². The number of carbonyl (C=O) groups excluding carboxylic acids is 1. The molecule has 7 heteroatoms. The second-order valence-electron chi connectivity index (χ2n) is 6.35. The molecule has 0 aromatic heterocycles. The second kappa shape index (κ2) is 8.45. The Balaban J connectivity index is 1.55. The minimum atomic E-state index is -3.40. The molecular formula is C20H21FN2O3S. The number of piperazine rings is 1. The number of rotatable bonds is 5. The van der Waals surface area contributed by atoms with E-state index in [4.69, 9.17) is 0 Å². The van der Waals surface area contributed by atoms with Gasteiger partial charge in [0.1, 0.15) is 5.82 Å². The fraction of sp³-hybridized carbons (Fsp3) is 0.250. The second-order valence-corrected chi connectivity index (χ2v) is 8.32. The van der Waals surface area contributed by atoms with Crippen molar-refractivity contribution in [2.75, 3.05) is 26.2 Å². The fourth-order valence-corrected chi connectivity index (χ4v) is 4.43. The molecule has 142 valence electrons. The van der Waals surface area contributed by atoms with Crippen molar-refractivity contribution in [2.24, 2.45) is 0 Å². The van der Waals surface area contributed by atoms with Crippen molar-refractivity contribution in [1.82, 2.24) is 9.21 Å². The van der Waals surface area contributed by atoms with Crippen LogP contribution < -0.4 is 0 Å². The molecule has 2 aromatic carbocycles. The van der Waals surface area contributed by atoms with Gasteiger partial charge in [0.15, 0.2) is 0 Å². The van der Waals surface area contributed by atoms with Crippen LogP contribution in [0.5, 0.6) is 0 Å². The maximum absolute atomic E-state index is 12.9. The summed E-state index contributed by atoms with van der Waals surface area (Å²) in [6, 6.07) is 14.9. The van der Waals surface area contributed by atoms with Crippen molar-refractivity contribution in [3.05, 3.63) is 77.6 Å². The summed E-state index contributed by atoms with van der Waals surface area (Å²) in [5.74, 6) is -0.544. The van der Waals surface area contributed by atoms with Gasteiger partial charge in [-0.25, -0.2) is 12.8 Å². The van der Waals surface area contributed by atoms with Gasteiger partial charge in [-0.15, -0.1) is 0 Å². The molecule has 1 amide bonds. The molecule has 0 saturated carbocycles. The maximum Gasteiger partial charge on any atom is 0.246 e. The Morgan fingerprint density at radius 3 is 2.22 bits per heavy atom. The average molecular weight is 388 g/mol. The van der Waals surface area contributed by atoms with E-state index in [2.05, 4.69) is 0 Å². The average Bonchev–Trinajstić information content (AvgIpc) is 2.68. The molecular weight excluding hydrogens is 367 g/mol. The first-order valence-electron chi connectivity index (χ1n) is 8.68. The minimum absolute atomic E-state index is 0.0355. The van der Waals surface area contributed by atoms with Crippen LogP contribution >= 0.6 is 0 Å². The van der Waals surface area contributed by atoms with Crippen LogP contribution in [0.15, 0.2) is 60.7 Å². The Labute approximate surface area is 158 Å². The topological polar surface area (TPSA) is 57.7 Å². The molecule has 3 rings (SSSR count). The van der Waals surface area contributed by atoms with Crippen molar-refractivity contribution in [1.29, 1.82) is 0 Å². The van der Waals surface area contributed by atoms with Crippen LogP contribution in [0.3, 0.4) is 0 Å². The number of amides is 1. The minimum Gasteiger partial charge on any atom is -0.337 e. The normalized spacial score (nSPS) is 16.0. The van der Waals surface area contributed by atoms with Crippen molar-refractivity contribution in [3.63, 3.8) is 0 Å². The van der Waals surface area contributed by atoms with Gasteiger partial charge in [-0.05, 0) is 29.3 Å². The maximum atomic E-state index is 12.9. The van der Waals surface area contributed by atoms with E-state index in [1.54, 1.807) is 35.2 Å². The highest BCUT2D eigenvalue weighted by molar-refractivity contribution is 7.88. The van der Waals surface area contributed by atoms with Crippen LogP contribution in [-0.4, -0.2) is 49.7 Å². The summed E-state index contributed by atoms with van der Waals surface area (Å²) in [6.07, 6.45) is 3.06. The third-order valence-electron chi connectivity index (χ3n) is 4.42. The van der Waals surface area contributed by atoms with E-state index >= 15 is 0 Å². The summed E-state index contributed by atoms with van der Waals surface area (Å²) in [6.45, 7) is 1.26. The number of benzene rings is 2. The molecule has 1 heterocycles. The zero-order valence-corrected chi connectivity index (χ0v) is 15.6. The molecule has 1 saturated heterocycles. The number of sulfonamides is 1. The van der Waals surface area contributed by atoms with E-state index in [9.17, 15) is 17.6 Å². The lowest BCUT2D eigenvalue weighted by atomic mass is 10.2. The number of nitrogens with zero attached hydrogens (tertiary/aromatic N) is 2.